The molecule has 33 heavy (non-hydrogen) atoms. The van der Waals surface area contributed by atoms with Gasteiger partial charge in [-0.15, -0.1) is 0 Å². The van der Waals surface area contributed by atoms with Crippen molar-refractivity contribution >= 4 is 0 Å². The lowest BCUT2D eigenvalue weighted by Crippen LogP contribution is -2.15. The fraction of sp³-hybridized carbons (Fsp3) is 0.273. The Hall–Kier alpha value is -3.12. The third-order valence-electron chi connectivity index (χ3n) is 7.61. The standard InChI is InChI=1S/C33H34/c1-19-13-21(3)31(22(4)14-19)25-9-11-27-28-12-10-26(18-30(28)33(7,8)29(27)17-25)32-23(5)15-20(2)16-24(32)6/h9-18H,1-8H3. The molecular weight excluding hydrogens is 396 g/mol. The Morgan fingerprint density at radius 3 is 1.12 bits per heavy atom. The maximum Gasteiger partial charge on any atom is 0.0159 e. The Kier molecular flexibility index (Phi) is 4.90. The molecule has 0 nitrogen and oxygen atoms in total. The lowest BCUT2D eigenvalue weighted by Gasteiger charge is -2.23. The molecule has 0 aromatic heterocycles. The van der Waals surface area contributed by atoms with Gasteiger partial charge in [-0.05, 0) is 120 Å². The summed E-state index contributed by atoms with van der Waals surface area (Å²) < 4.78 is 0. The summed E-state index contributed by atoms with van der Waals surface area (Å²) in [6, 6.07) is 23.4. The first-order valence-electron chi connectivity index (χ1n) is 12.0. The van der Waals surface area contributed by atoms with E-state index in [9.17, 15) is 0 Å². The molecule has 0 heterocycles. The van der Waals surface area contributed by atoms with Crippen LogP contribution in [0.4, 0.5) is 0 Å². The van der Waals surface area contributed by atoms with Crippen LogP contribution in [0.15, 0.2) is 60.7 Å². The van der Waals surface area contributed by atoms with E-state index in [1.807, 2.05) is 0 Å². The molecule has 1 aliphatic rings. The van der Waals surface area contributed by atoms with Crippen LogP contribution in [0.25, 0.3) is 33.4 Å². The summed E-state index contributed by atoms with van der Waals surface area (Å²) in [6.07, 6.45) is 0. The van der Waals surface area contributed by atoms with Gasteiger partial charge in [-0.3, -0.25) is 0 Å². The van der Waals surface area contributed by atoms with E-state index >= 15 is 0 Å². The molecule has 0 saturated heterocycles. The Morgan fingerprint density at radius 2 is 0.788 bits per heavy atom. The number of aryl methyl sites for hydroxylation is 6. The van der Waals surface area contributed by atoms with E-state index in [1.54, 1.807) is 0 Å². The molecule has 5 rings (SSSR count). The summed E-state index contributed by atoms with van der Waals surface area (Å²) >= 11 is 0. The van der Waals surface area contributed by atoms with Crippen molar-refractivity contribution in [2.75, 3.05) is 0 Å². The quantitative estimate of drug-likeness (QED) is 0.297. The van der Waals surface area contributed by atoms with Crippen LogP contribution in [0.5, 0.6) is 0 Å². The fourth-order valence-corrected chi connectivity index (χ4v) is 6.32. The van der Waals surface area contributed by atoms with Crippen LogP contribution in [0, 0.1) is 41.5 Å². The van der Waals surface area contributed by atoms with Crippen LogP contribution in [-0.4, -0.2) is 0 Å². The molecule has 0 atom stereocenters. The van der Waals surface area contributed by atoms with Crippen molar-refractivity contribution in [1.82, 2.24) is 0 Å². The van der Waals surface area contributed by atoms with Crippen molar-refractivity contribution in [3.8, 4) is 33.4 Å². The Balaban J connectivity index is 1.66. The molecule has 166 valence electrons. The van der Waals surface area contributed by atoms with E-state index in [-0.39, 0.29) is 5.41 Å². The van der Waals surface area contributed by atoms with Crippen LogP contribution >= 0.6 is 0 Å². The Morgan fingerprint density at radius 1 is 0.455 bits per heavy atom. The number of fused-ring (bicyclic) bond motifs is 3. The number of rotatable bonds is 2. The van der Waals surface area contributed by atoms with E-state index in [0.717, 1.165) is 0 Å². The van der Waals surface area contributed by atoms with Gasteiger partial charge in [0.15, 0.2) is 0 Å². The molecule has 0 radical (unpaired) electrons. The summed E-state index contributed by atoms with van der Waals surface area (Å²) in [5.74, 6) is 0. The maximum atomic E-state index is 2.45. The second-order valence-corrected chi connectivity index (χ2v) is 10.7. The summed E-state index contributed by atoms with van der Waals surface area (Å²) in [7, 11) is 0. The van der Waals surface area contributed by atoms with Gasteiger partial charge >= 0.3 is 0 Å². The normalized spacial score (nSPS) is 13.7. The van der Waals surface area contributed by atoms with Gasteiger partial charge in [0.2, 0.25) is 0 Å². The van der Waals surface area contributed by atoms with Crippen molar-refractivity contribution < 1.29 is 0 Å². The summed E-state index contributed by atoms with van der Waals surface area (Å²) in [5, 5.41) is 0. The molecule has 0 amide bonds. The van der Waals surface area contributed by atoms with Gasteiger partial charge in [0.25, 0.3) is 0 Å². The smallest absolute Gasteiger partial charge is 0.0159 e. The first kappa shape index (κ1) is 21.7. The maximum absolute atomic E-state index is 2.45. The highest BCUT2D eigenvalue weighted by atomic mass is 14.4. The third-order valence-corrected chi connectivity index (χ3v) is 7.61. The minimum absolute atomic E-state index is 0.0320. The molecule has 0 spiro atoms. The van der Waals surface area contributed by atoms with Crippen LogP contribution in [0.3, 0.4) is 0 Å². The topological polar surface area (TPSA) is 0 Å². The largest absolute Gasteiger partial charge is 0.0557 e. The summed E-state index contributed by atoms with van der Waals surface area (Å²) in [5.41, 5.74) is 19.1. The lowest BCUT2D eigenvalue weighted by molar-refractivity contribution is 0.661. The van der Waals surface area contributed by atoms with Crippen molar-refractivity contribution in [2.45, 2.75) is 60.8 Å². The molecule has 4 aromatic rings. The number of hydrogen-bond acceptors (Lipinski definition) is 0. The van der Waals surface area contributed by atoms with E-state index in [0.29, 0.717) is 0 Å². The van der Waals surface area contributed by atoms with Gasteiger partial charge in [0, 0.05) is 5.41 Å². The zero-order valence-corrected chi connectivity index (χ0v) is 21.3. The first-order valence-corrected chi connectivity index (χ1v) is 12.0. The van der Waals surface area contributed by atoms with E-state index < -0.39 is 0 Å². The molecule has 0 aliphatic heterocycles. The number of hydrogen-bond donors (Lipinski definition) is 0. The molecule has 0 N–H and O–H groups in total. The van der Waals surface area contributed by atoms with Gasteiger partial charge in [0.1, 0.15) is 0 Å². The Bertz CT molecular complexity index is 1270. The van der Waals surface area contributed by atoms with Crippen molar-refractivity contribution in [3.05, 3.63) is 105 Å². The molecule has 0 bridgehead atoms. The summed E-state index contributed by atoms with van der Waals surface area (Å²) in [4.78, 5) is 0. The minimum atomic E-state index is -0.0320. The predicted octanol–water partition coefficient (Wildman–Crippen LogP) is 9.18. The van der Waals surface area contributed by atoms with Crippen LogP contribution in [-0.2, 0) is 5.41 Å². The van der Waals surface area contributed by atoms with E-state index in [4.69, 9.17) is 0 Å². The average molecular weight is 431 g/mol. The second kappa shape index (κ2) is 7.45. The van der Waals surface area contributed by atoms with Crippen LogP contribution in [0.2, 0.25) is 0 Å². The van der Waals surface area contributed by atoms with Crippen LogP contribution < -0.4 is 0 Å². The minimum Gasteiger partial charge on any atom is -0.0557 e. The van der Waals surface area contributed by atoms with Crippen molar-refractivity contribution in [2.24, 2.45) is 0 Å². The van der Waals surface area contributed by atoms with Crippen molar-refractivity contribution in [1.29, 1.82) is 0 Å². The van der Waals surface area contributed by atoms with Gasteiger partial charge < -0.3 is 0 Å². The zero-order chi connectivity index (χ0) is 23.7. The molecule has 0 saturated carbocycles. The Labute approximate surface area is 199 Å². The molecule has 0 unspecified atom stereocenters. The second-order valence-electron chi connectivity index (χ2n) is 10.7. The number of benzene rings is 4. The highest BCUT2D eigenvalue weighted by molar-refractivity contribution is 5.87. The molecular formula is C33H34. The SMILES string of the molecule is Cc1cc(C)c(-c2ccc3c(c2)C(C)(C)c2cc(-c4c(C)cc(C)cc4C)ccc2-3)c(C)c1. The van der Waals surface area contributed by atoms with E-state index in [1.165, 1.54) is 77.9 Å². The fourth-order valence-electron chi connectivity index (χ4n) is 6.32. The predicted molar refractivity (Wildman–Crippen MR) is 143 cm³/mol. The molecule has 1 aliphatic carbocycles. The van der Waals surface area contributed by atoms with Gasteiger partial charge in [-0.25, -0.2) is 0 Å². The molecule has 0 fully saturated rings. The lowest BCUT2D eigenvalue weighted by atomic mass is 9.80. The summed E-state index contributed by atoms with van der Waals surface area (Å²) in [6.45, 7) is 18.1. The monoisotopic (exact) mass is 430 g/mol. The average Bonchev–Trinajstić information content (AvgIpc) is 2.93. The zero-order valence-electron chi connectivity index (χ0n) is 21.3. The van der Waals surface area contributed by atoms with Gasteiger partial charge in [-0.1, -0.05) is 73.5 Å². The van der Waals surface area contributed by atoms with Crippen LogP contribution in [0.1, 0.15) is 58.4 Å². The van der Waals surface area contributed by atoms with Gasteiger partial charge in [0.05, 0.1) is 0 Å². The molecule has 0 heteroatoms. The first-order chi connectivity index (χ1) is 15.6. The van der Waals surface area contributed by atoms with E-state index in [2.05, 4.69) is 116 Å². The third kappa shape index (κ3) is 3.35. The van der Waals surface area contributed by atoms with Crippen molar-refractivity contribution in [3.63, 3.8) is 0 Å². The highest BCUT2D eigenvalue weighted by Crippen LogP contribution is 2.51. The van der Waals surface area contributed by atoms with Gasteiger partial charge in [-0.2, -0.15) is 0 Å². The highest BCUT2D eigenvalue weighted by Gasteiger charge is 2.36. The molecule has 4 aromatic carbocycles.